The molecular formula is C16H24N2O6. The Morgan fingerprint density at radius 2 is 1.71 bits per heavy atom. The van der Waals surface area contributed by atoms with Crippen LogP contribution in [0.5, 0.6) is 17.2 Å². The lowest BCUT2D eigenvalue weighted by atomic mass is 10.2. The number of rotatable bonds is 9. The molecule has 24 heavy (non-hydrogen) atoms. The number of hydrogen-bond acceptors (Lipinski definition) is 6. The monoisotopic (exact) mass is 340 g/mol. The van der Waals surface area contributed by atoms with E-state index in [4.69, 9.17) is 19.3 Å². The molecule has 8 heteroatoms. The van der Waals surface area contributed by atoms with Crippen molar-refractivity contribution in [3.8, 4) is 17.2 Å². The van der Waals surface area contributed by atoms with Crippen molar-refractivity contribution in [3.05, 3.63) is 12.1 Å². The number of hydrogen-bond donors (Lipinski definition) is 2. The molecule has 0 saturated carbocycles. The standard InChI is InChI=1S/C16H24N2O6/c1-10(16(20)21)18(2)7-6-14(19)17-11-8-12(22-3)15(24-5)13(9-11)23-4/h8-10H,6-7H2,1-5H3,(H,17,19)(H,20,21). The number of carbonyl (C=O) groups is 2. The van der Waals surface area contributed by atoms with Crippen LogP contribution in [0.2, 0.25) is 0 Å². The summed E-state index contributed by atoms with van der Waals surface area (Å²) in [5, 5.41) is 11.7. The average molecular weight is 340 g/mol. The van der Waals surface area contributed by atoms with Crippen LogP contribution in [0, 0.1) is 0 Å². The van der Waals surface area contributed by atoms with Crippen LogP contribution in [-0.2, 0) is 9.59 Å². The fraction of sp³-hybridized carbons (Fsp3) is 0.500. The molecule has 1 amide bonds. The van der Waals surface area contributed by atoms with Gasteiger partial charge in [0.05, 0.1) is 21.3 Å². The van der Waals surface area contributed by atoms with Crippen molar-refractivity contribution in [2.75, 3.05) is 40.2 Å². The van der Waals surface area contributed by atoms with Crippen LogP contribution in [-0.4, -0.2) is 62.8 Å². The van der Waals surface area contributed by atoms with Gasteiger partial charge in [0.2, 0.25) is 11.7 Å². The van der Waals surface area contributed by atoms with E-state index in [0.29, 0.717) is 29.5 Å². The maximum Gasteiger partial charge on any atom is 0.320 e. The summed E-state index contributed by atoms with van der Waals surface area (Å²) < 4.78 is 15.7. The molecule has 0 bridgehead atoms. The van der Waals surface area contributed by atoms with Crippen molar-refractivity contribution >= 4 is 17.6 Å². The molecule has 2 N–H and O–H groups in total. The van der Waals surface area contributed by atoms with E-state index >= 15 is 0 Å². The van der Waals surface area contributed by atoms with E-state index in [2.05, 4.69) is 5.32 Å². The average Bonchev–Trinajstić information content (AvgIpc) is 2.57. The highest BCUT2D eigenvalue weighted by molar-refractivity contribution is 5.91. The second-order valence-corrected chi connectivity index (χ2v) is 5.21. The van der Waals surface area contributed by atoms with E-state index < -0.39 is 12.0 Å². The predicted octanol–water partition coefficient (Wildman–Crippen LogP) is 1.45. The first-order valence-electron chi connectivity index (χ1n) is 7.36. The summed E-state index contributed by atoms with van der Waals surface area (Å²) in [5.41, 5.74) is 0.503. The van der Waals surface area contributed by atoms with Crippen molar-refractivity contribution in [1.82, 2.24) is 4.90 Å². The zero-order chi connectivity index (χ0) is 18.3. The summed E-state index contributed by atoms with van der Waals surface area (Å²) in [5.74, 6) is 0.136. The molecule has 1 aromatic rings. The fourth-order valence-corrected chi connectivity index (χ4v) is 2.04. The Morgan fingerprint density at radius 3 is 2.12 bits per heavy atom. The van der Waals surface area contributed by atoms with E-state index in [1.54, 1.807) is 31.0 Å². The third-order valence-electron chi connectivity index (χ3n) is 3.66. The number of anilines is 1. The number of carbonyl (C=O) groups excluding carboxylic acids is 1. The molecule has 0 spiro atoms. The molecule has 1 rings (SSSR count). The Labute approximate surface area is 141 Å². The van der Waals surface area contributed by atoms with Crippen LogP contribution in [0.1, 0.15) is 13.3 Å². The Bertz CT molecular complexity index is 565. The number of likely N-dealkylation sites (N-methyl/N-ethyl adjacent to an activating group) is 1. The number of nitrogens with zero attached hydrogens (tertiary/aromatic N) is 1. The van der Waals surface area contributed by atoms with Crippen molar-refractivity contribution in [2.45, 2.75) is 19.4 Å². The van der Waals surface area contributed by atoms with Crippen LogP contribution >= 0.6 is 0 Å². The molecule has 0 aliphatic rings. The van der Waals surface area contributed by atoms with E-state index in [-0.39, 0.29) is 12.3 Å². The van der Waals surface area contributed by atoms with Gasteiger partial charge in [-0.1, -0.05) is 0 Å². The number of amides is 1. The number of nitrogens with one attached hydrogen (secondary N) is 1. The molecule has 0 aliphatic carbocycles. The van der Waals surface area contributed by atoms with Gasteiger partial charge in [-0.2, -0.15) is 0 Å². The summed E-state index contributed by atoms with van der Waals surface area (Å²) in [6, 6.07) is 2.60. The number of methoxy groups -OCH3 is 3. The van der Waals surface area contributed by atoms with E-state index in [1.165, 1.54) is 21.3 Å². The predicted molar refractivity (Wildman–Crippen MR) is 89.1 cm³/mol. The molecule has 0 aliphatic heterocycles. The molecule has 1 atom stereocenters. The van der Waals surface area contributed by atoms with Crippen molar-refractivity contribution in [3.63, 3.8) is 0 Å². The largest absolute Gasteiger partial charge is 0.493 e. The van der Waals surface area contributed by atoms with Crippen molar-refractivity contribution < 1.29 is 28.9 Å². The molecule has 0 radical (unpaired) electrons. The van der Waals surface area contributed by atoms with E-state index in [9.17, 15) is 9.59 Å². The first kappa shape index (κ1) is 19.6. The maximum atomic E-state index is 12.1. The lowest BCUT2D eigenvalue weighted by molar-refractivity contribution is -0.142. The highest BCUT2D eigenvalue weighted by Gasteiger charge is 2.18. The SMILES string of the molecule is COc1cc(NC(=O)CCN(C)C(C)C(=O)O)cc(OC)c1OC. The summed E-state index contributed by atoms with van der Waals surface area (Å²) in [4.78, 5) is 24.6. The second-order valence-electron chi connectivity index (χ2n) is 5.21. The zero-order valence-electron chi connectivity index (χ0n) is 14.6. The lowest BCUT2D eigenvalue weighted by Crippen LogP contribution is -2.37. The first-order valence-corrected chi connectivity index (χ1v) is 7.36. The van der Waals surface area contributed by atoms with Gasteiger partial charge in [0, 0.05) is 30.8 Å². The van der Waals surface area contributed by atoms with Gasteiger partial charge in [-0.15, -0.1) is 0 Å². The van der Waals surface area contributed by atoms with E-state index in [0.717, 1.165) is 0 Å². The van der Waals surface area contributed by atoms with Gasteiger partial charge in [0.25, 0.3) is 0 Å². The lowest BCUT2D eigenvalue weighted by Gasteiger charge is -2.20. The quantitative estimate of drug-likeness (QED) is 0.702. The van der Waals surface area contributed by atoms with Crippen LogP contribution in [0.15, 0.2) is 12.1 Å². The van der Waals surface area contributed by atoms with Gasteiger partial charge < -0.3 is 24.6 Å². The Kier molecular flexibility index (Phi) is 7.31. The van der Waals surface area contributed by atoms with Crippen LogP contribution in [0.3, 0.4) is 0 Å². The highest BCUT2D eigenvalue weighted by atomic mass is 16.5. The number of ether oxygens (including phenoxy) is 3. The van der Waals surface area contributed by atoms with Gasteiger partial charge in [0.15, 0.2) is 11.5 Å². The molecule has 0 heterocycles. The topological polar surface area (TPSA) is 97.3 Å². The third kappa shape index (κ3) is 5.02. The van der Waals surface area contributed by atoms with Gasteiger partial charge in [-0.25, -0.2) is 0 Å². The van der Waals surface area contributed by atoms with Gasteiger partial charge in [-0.3, -0.25) is 14.5 Å². The van der Waals surface area contributed by atoms with Gasteiger partial charge >= 0.3 is 5.97 Å². The van der Waals surface area contributed by atoms with Gasteiger partial charge in [0.1, 0.15) is 6.04 Å². The van der Waals surface area contributed by atoms with Crippen LogP contribution in [0.4, 0.5) is 5.69 Å². The molecule has 1 aromatic carbocycles. The molecule has 1 unspecified atom stereocenters. The minimum Gasteiger partial charge on any atom is -0.493 e. The Balaban J connectivity index is 2.75. The molecule has 0 saturated heterocycles. The summed E-state index contributed by atoms with van der Waals surface area (Å²) in [7, 11) is 6.14. The normalized spacial score (nSPS) is 11.8. The van der Waals surface area contributed by atoms with Crippen molar-refractivity contribution in [1.29, 1.82) is 0 Å². The minimum atomic E-state index is -0.928. The van der Waals surface area contributed by atoms with Gasteiger partial charge in [-0.05, 0) is 14.0 Å². The van der Waals surface area contributed by atoms with Crippen molar-refractivity contribution in [2.24, 2.45) is 0 Å². The summed E-state index contributed by atoms with van der Waals surface area (Å²) >= 11 is 0. The fourth-order valence-electron chi connectivity index (χ4n) is 2.04. The molecule has 8 nitrogen and oxygen atoms in total. The maximum absolute atomic E-state index is 12.1. The zero-order valence-corrected chi connectivity index (χ0v) is 14.6. The molecular weight excluding hydrogens is 316 g/mol. The smallest absolute Gasteiger partial charge is 0.320 e. The highest BCUT2D eigenvalue weighted by Crippen LogP contribution is 2.39. The summed E-state index contributed by atoms with van der Waals surface area (Å²) in [6.07, 6.45) is 0.158. The molecule has 0 aromatic heterocycles. The number of benzene rings is 1. The van der Waals surface area contributed by atoms with E-state index in [1.807, 2.05) is 0 Å². The number of aliphatic carboxylic acids is 1. The van der Waals surface area contributed by atoms with Crippen LogP contribution < -0.4 is 19.5 Å². The first-order chi connectivity index (χ1) is 11.3. The molecule has 134 valence electrons. The number of carboxylic acids is 1. The van der Waals surface area contributed by atoms with Crippen LogP contribution in [0.25, 0.3) is 0 Å². The minimum absolute atomic E-state index is 0.158. The third-order valence-corrected chi connectivity index (χ3v) is 3.66. The Hall–Kier alpha value is -2.48. The number of carboxylic acid groups (broad SMARTS) is 1. The molecule has 0 fully saturated rings. The Morgan fingerprint density at radius 1 is 1.17 bits per heavy atom. The summed E-state index contributed by atoms with van der Waals surface area (Å²) in [6.45, 7) is 1.89. The second kappa shape index (κ2) is 8.97.